The number of carboxylic acids is 1. The lowest BCUT2D eigenvalue weighted by Gasteiger charge is -2.17. The predicted molar refractivity (Wildman–Crippen MR) is 143 cm³/mol. The van der Waals surface area contributed by atoms with E-state index in [1.54, 1.807) is 60.5 Å². The van der Waals surface area contributed by atoms with E-state index >= 15 is 0 Å². The zero-order valence-electron chi connectivity index (χ0n) is 21.1. The fourth-order valence-corrected chi connectivity index (χ4v) is 4.40. The van der Waals surface area contributed by atoms with Crippen LogP contribution in [0.2, 0.25) is 0 Å². The van der Waals surface area contributed by atoms with Crippen LogP contribution in [-0.2, 0) is 7.05 Å². The Morgan fingerprint density at radius 3 is 2.54 bits per heavy atom. The number of hydrogen-bond acceptors (Lipinski definition) is 7. The summed E-state index contributed by atoms with van der Waals surface area (Å²) >= 11 is 0. The van der Waals surface area contributed by atoms with E-state index in [-0.39, 0.29) is 35.4 Å². The van der Waals surface area contributed by atoms with Crippen LogP contribution in [0.15, 0.2) is 73.2 Å². The number of carbonyl (C=O) groups is 3. The average molecular weight is 527 g/mol. The van der Waals surface area contributed by atoms with Gasteiger partial charge in [0, 0.05) is 49.7 Å². The third kappa shape index (κ3) is 5.72. The lowest BCUT2D eigenvalue weighted by atomic mass is 10.0. The lowest BCUT2D eigenvalue weighted by molar-refractivity contribution is 0.0696. The highest BCUT2D eigenvalue weighted by Crippen LogP contribution is 2.26. The number of pyridine rings is 1. The molecule has 3 heterocycles. The van der Waals surface area contributed by atoms with Crippen molar-refractivity contribution >= 4 is 23.8 Å². The highest BCUT2D eigenvalue weighted by molar-refractivity contribution is 5.99. The van der Waals surface area contributed by atoms with Crippen molar-refractivity contribution in [2.45, 2.75) is 12.5 Å². The normalized spacial score (nSPS) is 14.7. The van der Waals surface area contributed by atoms with Crippen LogP contribution in [0, 0.1) is 0 Å². The van der Waals surface area contributed by atoms with Crippen molar-refractivity contribution in [1.82, 2.24) is 25.0 Å². The minimum absolute atomic E-state index is 0.117. The number of rotatable bonds is 6. The van der Waals surface area contributed by atoms with E-state index in [1.807, 2.05) is 12.3 Å². The van der Waals surface area contributed by atoms with E-state index in [4.69, 9.17) is 15.6 Å². The van der Waals surface area contributed by atoms with Crippen LogP contribution >= 0.6 is 0 Å². The number of amides is 2. The molecule has 1 saturated heterocycles. The van der Waals surface area contributed by atoms with Gasteiger partial charge in [-0.1, -0.05) is 24.3 Å². The second-order valence-corrected chi connectivity index (χ2v) is 9.24. The summed E-state index contributed by atoms with van der Waals surface area (Å²) in [6.45, 7) is 0.708. The molecule has 4 N–H and O–H groups in total. The summed E-state index contributed by atoms with van der Waals surface area (Å²) in [6.07, 6.45) is 5.13. The number of likely N-dealkylation sites (tertiary alicyclic amines) is 1. The predicted octanol–water partition coefficient (Wildman–Crippen LogP) is 3.43. The molecule has 0 bridgehead atoms. The van der Waals surface area contributed by atoms with Crippen molar-refractivity contribution in [2.24, 2.45) is 7.05 Å². The van der Waals surface area contributed by atoms with Gasteiger partial charge in [0.1, 0.15) is 11.6 Å². The molecule has 0 aliphatic carbocycles. The van der Waals surface area contributed by atoms with Crippen molar-refractivity contribution in [2.75, 3.05) is 18.8 Å². The molecule has 11 heteroatoms. The number of nitrogens with two attached hydrogens (primary N) is 1. The Morgan fingerprint density at radius 2 is 1.82 bits per heavy atom. The highest BCUT2D eigenvalue weighted by atomic mass is 16.6. The molecule has 0 unspecified atom stereocenters. The first kappa shape index (κ1) is 25.5. The number of carboxylic acid groups (broad SMARTS) is 1. The van der Waals surface area contributed by atoms with Gasteiger partial charge in [-0.3, -0.25) is 9.48 Å². The van der Waals surface area contributed by atoms with E-state index in [0.29, 0.717) is 18.7 Å². The molecule has 1 aliphatic heterocycles. The zero-order chi connectivity index (χ0) is 27.5. The summed E-state index contributed by atoms with van der Waals surface area (Å²) in [6, 6.07) is 14.8. The number of aryl methyl sites for hydroxylation is 1. The minimum atomic E-state index is -0.997. The van der Waals surface area contributed by atoms with Gasteiger partial charge in [0.2, 0.25) is 0 Å². The topological polar surface area (TPSA) is 153 Å². The number of nitrogens with one attached hydrogen (secondary N) is 1. The number of nitrogen functional groups attached to an aromatic ring is 1. The van der Waals surface area contributed by atoms with Gasteiger partial charge in [0.05, 0.1) is 17.3 Å². The molecule has 2 aromatic carbocycles. The van der Waals surface area contributed by atoms with E-state index in [1.165, 1.54) is 17.0 Å². The van der Waals surface area contributed by atoms with Crippen LogP contribution in [0.25, 0.3) is 22.3 Å². The maximum Gasteiger partial charge on any atom is 0.415 e. The average Bonchev–Trinajstić information content (AvgIpc) is 3.58. The number of carbonyl (C=O) groups excluding carboxylic acids is 2. The first-order valence-corrected chi connectivity index (χ1v) is 12.2. The van der Waals surface area contributed by atoms with Crippen LogP contribution in [0.1, 0.15) is 27.1 Å². The highest BCUT2D eigenvalue weighted by Gasteiger charge is 2.29. The van der Waals surface area contributed by atoms with Gasteiger partial charge in [-0.05, 0) is 47.9 Å². The Labute approximate surface area is 223 Å². The quantitative estimate of drug-likeness (QED) is 0.345. The standard InChI is InChI=1S/C28H26N6O5/c1-33-15-21(14-31-33)20-12-24(25(29)30-13-20)26(35)32-22-9-10-34(16-22)28(38)39-23-4-2-3-19(11-23)17-5-7-18(8-6-17)27(36)37/h2-8,11-15,22H,9-10,16H2,1H3,(H2,29,30)(H,32,35)(H,36,37)/t22-/m1/s1. The first-order chi connectivity index (χ1) is 18.8. The summed E-state index contributed by atoms with van der Waals surface area (Å²) in [7, 11) is 1.80. The minimum Gasteiger partial charge on any atom is -0.478 e. The van der Waals surface area contributed by atoms with Gasteiger partial charge in [0.15, 0.2) is 0 Å². The van der Waals surface area contributed by atoms with Crippen molar-refractivity contribution in [1.29, 1.82) is 0 Å². The van der Waals surface area contributed by atoms with Gasteiger partial charge in [-0.25, -0.2) is 14.6 Å². The zero-order valence-corrected chi connectivity index (χ0v) is 21.1. The van der Waals surface area contributed by atoms with Gasteiger partial charge in [-0.2, -0.15) is 5.10 Å². The van der Waals surface area contributed by atoms with E-state index in [2.05, 4.69) is 15.4 Å². The van der Waals surface area contributed by atoms with E-state index in [9.17, 15) is 14.4 Å². The van der Waals surface area contributed by atoms with E-state index < -0.39 is 12.1 Å². The summed E-state index contributed by atoms with van der Waals surface area (Å²) < 4.78 is 7.25. The summed E-state index contributed by atoms with van der Waals surface area (Å²) in [5.41, 5.74) is 9.54. The third-order valence-electron chi connectivity index (χ3n) is 6.49. The summed E-state index contributed by atoms with van der Waals surface area (Å²) in [4.78, 5) is 42.6. The maximum absolute atomic E-state index is 13.0. The van der Waals surface area contributed by atoms with Crippen LogP contribution in [-0.4, -0.2) is 61.9 Å². The van der Waals surface area contributed by atoms with Crippen molar-refractivity contribution in [3.05, 3.63) is 84.3 Å². The van der Waals surface area contributed by atoms with Crippen LogP contribution in [0.5, 0.6) is 5.75 Å². The molecule has 5 rings (SSSR count). The number of nitrogens with zero attached hydrogens (tertiary/aromatic N) is 4. The maximum atomic E-state index is 13.0. The molecule has 4 aromatic rings. The molecule has 198 valence electrons. The Balaban J connectivity index is 1.20. The van der Waals surface area contributed by atoms with Gasteiger partial charge in [-0.15, -0.1) is 0 Å². The SMILES string of the molecule is Cn1cc(-c2cnc(N)c(C(=O)N[C@@H]3CCN(C(=O)Oc4cccc(-c5ccc(C(=O)O)cc5)c4)C3)c2)cn1. The number of aromatic nitrogens is 3. The lowest BCUT2D eigenvalue weighted by Crippen LogP contribution is -2.39. The van der Waals surface area contributed by atoms with Gasteiger partial charge < -0.3 is 25.8 Å². The number of aromatic carboxylic acids is 1. The molecule has 11 nitrogen and oxygen atoms in total. The Bertz CT molecular complexity index is 1550. The van der Waals surface area contributed by atoms with Crippen LogP contribution in [0.4, 0.5) is 10.6 Å². The summed E-state index contributed by atoms with van der Waals surface area (Å²) in [5, 5.41) is 16.2. The number of benzene rings is 2. The fraction of sp³-hybridized carbons (Fsp3) is 0.179. The van der Waals surface area contributed by atoms with Gasteiger partial charge in [0.25, 0.3) is 5.91 Å². The van der Waals surface area contributed by atoms with Gasteiger partial charge >= 0.3 is 12.1 Å². The third-order valence-corrected chi connectivity index (χ3v) is 6.49. The second-order valence-electron chi connectivity index (χ2n) is 9.24. The molecule has 1 aliphatic rings. The summed E-state index contributed by atoms with van der Waals surface area (Å²) in [5.74, 6) is -0.888. The van der Waals surface area contributed by atoms with Crippen molar-refractivity contribution in [3.63, 3.8) is 0 Å². The molecule has 0 radical (unpaired) electrons. The van der Waals surface area contributed by atoms with Crippen LogP contribution in [0.3, 0.4) is 0 Å². The van der Waals surface area contributed by atoms with E-state index in [0.717, 1.165) is 22.3 Å². The molecular weight excluding hydrogens is 500 g/mol. The molecule has 2 amide bonds. The molecule has 39 heavy (non-hydrogen) atoms. The number of ether oxygens (including phenoxy) is 1. The monoisotopic (exact) mass is 526 g/mol. The Hall–Kier alpha value is -5.19. The number of hydrogen-bond donors (Lipinski definition) is 3. The Morgan fingerprint density at radius 1 is 1.03 bits per heavy atom. The largest absolute Gasteiger partial charge is 0.478 e. The Kier molecular flexibility index (Phi) is 6.96. The molecule has 2 aromatic heterocycles. The smallest absolute Gasteiger partial charge is 0.415 e. The first-order valence-electron chi connectivity index (χ1n) is 12.2. The fourth-order valence-electron chi connectivity index (χ4n) is 4.40. The van der Waals surface area contributed by atoms with Crippen molar-refractivity contribution < 1.29 is 24.2 Å². The van der Waals surface area contributed by atoms with Crippen LogP contribution < -0.4 is 15.8 Å². The van der Waals surface area contributed by atoms with Crippen molar-refractivity contribution in [3.8, 4) is 28.0 Å². The number of anilines is 1. The molecule has 1 fully saturated rings. The molecule has 0 spiro atoms. The molecule has 1 atom stereocenters. The molecular formula is C28H26N6O5. The molecule has 0 saturated carbocycles. The second kappa shape index (κ2) is 10.7.